The van der Waals surface area contributed by atoms with Crippen LogP contribution in [0.5, 0.6) is 0 Å². The molecular formula is C10H12Cl3N. The first kappa shape index (κ1) is 12.1. The van der Waals surface area contributed by atoms with Crippen molar-refractivity contribution < 1.29 is 0 Å². The third-order valence-corrected chi connectivity index (χ3v) is 3.11. The fraction of sp³-hybridized carbons (Fsp3) is 0.400. The molecule has 0 bridgehead atoms. The van der Waals surface area contributed by atoms with Crippen LogP contribution in [-0.2, 0) is 0 Å². The molecule has 0 fully saturated rings. The summed E-state index contributed by atoms with van der Waals surface area (Å²) < 4.78 is 0. The van der Waals surface area contributed by atoms with Crippen LogP contribution in [0.25, 0.3) is 0 Å². The van der Waals surface area contributed by atoms with Gasteiger partial charge < -0.3 is 5.73 Å². The summed E-state index contributed by atoms with van der Waals surface area (Å²) in [5.41, 5.74) is 6.74. The van der Waals surface area contributed by atoms with Gasteiger partial charge in [-0.3, -0.25) is 0 Å². The molecule has 1 aromatic rings. The minimum atomic E-state index is 0.266. The molecule has 1 unspecified atom stereocenters. The van der Waals surface area contributed by atoms with Crippen LogP contribution in [-0.4, -0.2) is 12.4 Å². The second kappa shape index (κ2) is 5.82. The number of halogens is 3. The summed E-state index contributed by atoms with van der Waals surface area (Å²) in [6.07, 6.45) is 0.857. The molecule has 1 nitrogen and oxygen atoms in total. The summed E-state index contributed by atoms with van der Waals surface area (Å²) in [5, 5.41) is 1.13. The van der Waals surface area contributed by atoms with Crippen molar-refractivity contribution in [2.75, 3.05) is 12.4 Å². The van der Waals surface area contributed by atoms with Crippen molar-refractivity contribution >= 4 is 34.8 Å². The standard InChI is InChI=1S/C10H12Cl3N/c11-4-3-8(6-14)7-1-2-9(12)10(13)5-7/h1-2,5,8H,3-4,6,14H2. The lowest BCUT2D eigenvalue weighted by atomic mass is 9.97. The van der Waals surface area contributed by atoms with Crippen LogP contribution in [0.2, 0.25) is 10.0 Å². The minimum Gasteiger partial charge on any atom is -0.330 e. The van der Waals surface area contributed by atoms with E-state index in [-0.39, 0.29) is 5.92 Å². The summed E-state index contributed by atoms with van der Waals surface area (Å²) in [4.78, 5) is 0. The summed E-state index contributed by atoms with van der Waals surface area (Å²) in [6, 6.07) is 5.59. The quantitative estimate of drug-likeness (QED) is 0.813. The second-order valence-electron chi connectivity index (χ2n) is 3.08. The van der Waals surface area contributed by atoms with Crippen LogP contribution in [0, 0.1) is 0 Å². The maximum atomic E-state index is 5.91. The van der Waals surface area contributed by atoms with Crippen LogP contribution in [0.15, 0.2) is 18.2 Å². The number of rotatable bonds is 4. The van der Waals surface area contributed by atoms with Gasteiger partial charge >= 0.3 is 0 Å². The molecule has 1 rings (SSSR count). The van der Waals surface area contributed by atoms with Gasteiger partial charge in [-0.05, 0) is 36.6 Å². The lowest BCUT2D eigenvalue weighted by Gasteiger charge is -2.14. The van der Waals surface area contributed by atoms with E-state index in [1.54, 1.807) is 6.07 Å². The van der Waals surface area contributed by atoms with E-state index in [1.807, 2.05) is 12.1 Å². The van der Waals surface area contributed by atoms with E-state index in [0.717, 1.165) is 12.0 Å². The summed E-state index contributed by atoms with van der Waals surface area (Å²) in [7, 11) is 0. The van der Waals surface area contributed by atoms with E-state index in [2.05, 4.69) is 0 Å². The summed E-state index contributed by atoms with van der Waals surface area (Å²) in [5.74, 6) is 0.865. The van der Waals surface area contributed by atoms with Crippen LogP contribution < -0.4 is 5.73 Å². The molecule has 2 N–H and O–H groups in total. The highest BCUT2D eigenvalue weighted by Gasteiger charge is 2.10. The van der Waals surface area contributed by atoms with Gasteiger partial charge in [0.1, 0.15) is 0 Å². The highest BCUT2D eigenvalue weighted by atomic mass is 35.5. The van der Waals surface area contributed by atoms with E-state index in [4.69, 9.17) is 40.5 Å². The number of hydrogen-bond donors (Lipinski definition) is 1. The third kappa shape index (κ3) is 3.03. The highest BCUT2D eigenvalue weighted by molar-refractivity contribution is 6.42. The van der Waals surface area contributed by atoms with Gasteiger partial charge in [0.05, 0.1) is 10.0 Å². The van der Waals surface area contributed by atoms with Gasteiger partial charge in [-0.15, -0.1) is 11.6 Å². The maximum absolute atomic E-state index is 5.91. The Balaban J connectivity index is 2.88. The summed E-state index contributed by atoms with van der Waals surface area (Å²) in [6.45, 7) is 0.574. The molecule has 0 aromatic heterocycles. The van der Waals surface area contributed by atoms with Crippen molar-refractivity contribution in [3.05, 3.63) is 33.8 Å². The highest BCUT2D eigenvalue weighted by Crippen LogP contribution is 2.27. The van der Waals surface area contributed by atoms with Crippen molar-refractivity contribution in [1.29, 1.82) is 0 Å². The van der Waals surface area contributed by atoms with Crippen molar-refractivity contribution in [3.63, 3.8) is 0 Å². The molecule has 0 aliphatic rings. The minimum absolute atomic E-state index is 0.266. The molecule has 0 saturated heterocycles. The molecule has 14 heavy (non-hydrogen) atoms. The third-order valence-electron chi connectivity index (χ3n) is 2.16. The Morgan fingerprint density at radius 1 is 1.21 bits per heavy atom. The van der Waals surface area contributed by atoms with Crippen molar-refractivity contribution in [2.24, 2.45) is 5.73 Å². The zero-order valence-electron chi connectivity index (χ0n) is 7.64. The average molecular weight is 253 g/mol. The van der Waals surface area contributed by atoms with Gasteiger partial charge in [0.15, 0.2) is 0 Å². The molecule has 0 amide bonds. The number of hydrogen-bond acceptors (Lipinski definition) is 1. The first-order chi connectivity index (χ1) is 6.69. The monoisotopic (exact) mass is 251 g/mol. The Morgan fingerprint density at radius 3 is 2.43 bits per heavy atom. The van der Waals surface area contributed by atoms with Crippen molar-refractivity contribution in [1.82, 2.24) is 0 Å². The maximum Gasteiger partial charge on any atom is 0.0595 e. The first-order valence-corrected chi connectivity index (χ1v) is 5.69. The van der Waals surface area contributed by atoms with E-state index in [1.165, 1.54) is 0 Å². The Labute approximate surface area is 99.1 Å². The molecule has 0 aliphatic heterocycles. The number of alkyl halides is 1. The van der Waals surface area contributed by atoms with E-state index in [9.17, 15) is 0 Å². The molecule has 0 saturated carbocycles. The summed E-state index contributed by atoms with van der Waals surface area (Å²) >= 11 is 17.4. The SMILES string of the molecule is NCC(CCCl)c1ccc(Cl)c(Cl)c1. The van der Waals surface area contributed by atoms with Crippen LogP contribution in [0.3, 0.4) is 0 Å². The molecule has 0 aliphatic carbocycles. The Bertz CT molecular complexity index is 301. The molecular weight excluding hydrogens is 240 g/mol. The van der Waals surface area contributed by atoms with Gasteiger partial charge in [-0.25, -0.2) is 0 Å². The largest absolute Gasteiger partial charge is 0.330 e. The molecule has 0 heterocycles. The fourth-order valence-electron chi connectivity index (χ4n) is 1.32. The van der Waals surface area contributed by atoms with E-state index in [0.29, 0.717) is 22.5 Å². The van der Waals surface area contributed by atoms with Gasteiger partial charge in [0.2, 0.25) is 0 Å². The predicted octanol–water partition coefficient (Wildman–Crippen LogP) is 3.66. The Hall–Kier alpha value is 0.0500. The van der Waals surface area contributed by atoms with E-state index >= 15 is 0 Å². The van der Waals surface area contributed by atoms with Crippen molar-refractivity contribution in [2.45, 2.75) is 12.3 Å². The molecule has 0 radical (unpaired) electrons. The predicted molar refractivity (Wildman–Crippen MR) is 63.6 cm³/mol. The van der Waals surface area contributed by atoms with Gasteiger partial charge in [0.25, 0.3) is 0 Å². The second-order valence-corrected chi connectivity index (χ2v) is 4.28. The van der Waals surface area contributed by atoms with Crippen LogP contribution in [0.1, 0.15) is 17.9 Å². The lowest BCUT2D eigenvalue weighted by Crippen LogP contribution is -2.13. The van der Waals surface area contributed by atoms with Crippen molar-refractivity contribution in [3.8, 4) is 0 Å². The average Bonchev–Trinajstić information content (AvgIpc) is 2.19. The van der Waals surface area contributed by atoms with Gasteiger partial charge in [-0.2, -0.15) is 0 Å². The van der Waals surface area contributed by atoms with Gasteiger partial charge in [-0.1, -0.05) is 29.3 Å². The zero-order chi connectivity index (χ0) is 10.6. The normalized spacial score (nSPS) is 12.9. The molecule has 78 valence electrons. The molecule has 0 spiro atoms. The van der Waals surface area contributed by atoms with Gasteiger partial charge in [0, 0.05) is 5.88 Å². The lowest BCUT2D eigenvalue weighted by molar-refractivity contribution is 0.678. The molecule has 4 heteroatoms. The van der Waals surface area contributed by atoms with Crippen LogP contribution >= 0.6 is 34.8 Å². The van der Waals surface area contributed by atoms with Crippen LogP contribution in [0.4, 0.5) is 0 Å². The topological polar surface area (TPSA) is 26.0 Å². The smallest absolute Gasteiger partial charge is 0.0595 e. The first-order valence-electron chi connectivity index (χ1n) is 4.40. The molecule has 1 aromatic carbocycles. The Kier molecular flexibility index (Phi) is 5.04. The Morgan fingerprint density at radius 2 is 1.93 bits per heavy atom. The number of nitrogens with two attached hydrogens (primary N) is 1. The fourth-order valence-corrected chi connectivity index (χ4v) is 1.89. The van der Waals surface area contributed by atoms with E-state index < -0.39 is 0 Å². The zero-order valence-corrected chi connectivity index (χ0v) is 9.91. The molecule has 1 atom stereocenters. The number of benzene rings is 1.